The third kappa shape index (κ3) is 43.9. The molecule has 0 aromatic heterocycles. The fourth-order valence-electron chi connectivity index (χ4n) is 6.40. The number of carbonyl (C=O) groups is 1. The second kappa shape index (κ2) is 39.8. The molecule has 1 unspecified atom stereocenters. The van der Waals surface area contributed by atoms with Gasteiger partial charge in [0.25, 0.3) is 7.82 Å². The van der Waals surface area contributed by atoms with Gasteiger partial charge in [0.1, 0.15) is 19.3 Å². The molecule has 0 saturated carbocycles. The van der Waals surface area contributed by atoms with Crippen molar-refractivity contribution in [2.45, 2.75) is 213 Å². The quantitative estimate of drug-likeness (QED) is 0.0199. The first kappa shape index (κ1) is 54.0. The number of carbonyl (C=O) groups excluding carboxylic acids is 1. The van der Waals surface area contributed by atoms with Crippen LogP contribution in [0.5, 0.6) is 0 Å². The zero-order valence-corrected chi connectivity index (χ0v) is 37.8. The molecule has 2 atom stereocenters. The zero-order valence-electron chi connectivity index (χ0n) is 36.9. The van der Waals surface area contributed by atoms with Crippen LogP contribution in [0.15, 0.2) is 24.3 Å². The van der Waals surface area contributed by atoms with E-state index in [0.717, 1.165) is 57.8 Å². The molecule has 0 N–H and O–H groups in total. The Bertz CT molecular complexity index is 936. The molecule has 0 spiro atoms. The monoisotopic (exact) mass is 800 g/mol. The summed E-state index contributed by atoms with van der Waals surface area (Å²) in [6.45, 7) is 5.40. The van der Waals surface area contributed by atoms with E-state index in [9.17, 15) is 14.3 Å². The molecule has 0 amide bonds. The average molecular weight is 800 g/mol. The van der Waals surface area contributed by atoms with E-state index < -0.39 is 13.9 Å². The first-order valence-corrected chi connectivity index (χ1v) is 24.5. The number of quaternary nitrogens is 1. The Morgan fingerprint density at radius 3 is 1.51 bits per heavy atom. The minimum absolute atomic E-state index is 0.0252. The van der Waals surface area contributed by atoms with Crippen molar-refractivity contribution >= 4 is 13.8 Å². The zero-order chi connectivity index (χ0) is 40.6. The smallest absolute Gasteiger partial charge is 0.306 e. The van der Waals surface area contributed by atoms with Crippen LogP contribution >= 0.6 is 7.82 Å². The Kier molecular flexibility index (Phi) is 39.1. The molecule has 0 saturated heterocycles. The molecule has 0 aromatic rings. The Balaban J connectivity index is 4.19. The molecule has 0 aliphatic heterocycles. The molecule has 0 aromatic carbocycles. The summed E-state index contributed by atoms with van der Waals surface area (Å²) in [5.41, 5.74) is 0. The molecule has 55 heavy (non-hydrogen) atoms. The van der Waals surface area contributed by atoms with E-state index in [0.29, 0.717) is 24.1 Å². The molecule has 0 aliphatic carbocycles. The fourth-order valence-corrected chi connectivity index (χ4v) is 7.13. The third-order valence-corrected chi connectivity index (χ3v) is 11.0. The Morgan fingerprint density at radius 2 is 1.00 bits per heavy atom. The highest BCUT2D eigenvalue weighted by atomic mass is 31.2. The highest BCUT2D eigenvalue weighted by molar-refractivity contribution is 7.45. The van der Waals surface area contributed by atoms with Gasteiger partial charge in [0, 0.05) is 13.0 Å². The number of hydrogen-bond acceptors (Lipinski definition) is 7. The van der Waals surface area contributed by atoms with Crippen molar-refractivity contribution in [3.8, 4) is 0 Å². The van der Waals surface area contributed by atoms with Crippen molar-refractivity contribution in [2.24, 2.45) is 0 Å². The maximum Gasteiger partial charge on any atom is 0.306 e. The van der Waals surface area contributed by atoms with Crippen molar-refractivity contribution in [1.82, 2.24) is 0 Å². The number of likely N-dealkylation sites (N-methyl/N-ethyl adjacent to an activating group) is 1. The van der Waals surface area contributed by atoms with Crippen LogP contribution in [0.4, 0.5) is 0 Å². The standard InChI is InChI=1S/C46H90NO7P/c1-6-8-10-12-14-16-18-20-22-23-24-26-28-30-32-34-36-38-41-51-43-45(44-53-55(49,50)52-42-40-47(3,4)5)54-46(48)39-37-35-33-31-29-27-25-21-19-17-15-13-11-9-7-2/h15,17,21,25,45H,6-14,16,18-20,22-24,26-44H2,1-5H3/b17-15-,25-21-/t45-/m1/s1. The normalized spacial score (nSPS) is 13.9. The first-order chi connectivity index (χ1) is 26.6. The molecule has 0 bridgehead atoms. The summed E-state index contributed by atoms with van der Waals surface area (Å²) >= 11 is 0. The number of allylic oxidation sites excluding steroid dienone is 4. The van der Waals surface area contributed by atoms with Crippen molar-refractivity contribution in [3.05, 3.63) is 24.3 Å². The lowest BCUT2D eigenvalue weighted by molar-refractivity contribution is -0.870. The van der Waals surface area contributed by atoms with Gasteiger partial charge < -0.3 is 27.9 Å². The van der Waals surface area contributed by atoms with Gasteiger partial charge in [0.2, 0.25) is 0 Å². The molecule has 0 aliphatic rings. The van der Waals surface area contributed by atoms with Gasteiger partial charge >= 0.3 is 5.97 Å². The molecule has 8 nitrogen and oxygen atoms in total. The van der Waals surface area contributed by atoms with Crippen LogP contribution in [-0.4, -0.2) is 70.7 Å². The van der Waals surface area contributed by atoms with Gasteiger partial charge in [-0.05, 0) is 44.9 Å². The maximum atomic E-state index is 12.7. The summed E-state index contributed by atoms with van der Waals surface area (Å²) in [4.78, 5) is 25.1. The van der Waals surface area contributed by atoms with Crippen molar-refractivity contribution in [3.63, 3.8) is 0 Å². The van der Waals surface area contributed by atoms with Crippen LogP contribution in [0.2, 0.25) is 0 Å². The van der Waals surface area contributed by atoms with Gasteiger partial charge in [0.15, 0.2) is 0 Å². The lowest BCUT2D eigenvalue weighted by Gasteiger charge is -2.28. The second-order valence-electron chi connectivity index (χ2n) is 16.8. The Morgan fingerprint density at radius 1 is 0.564 bits per heavy atom. The SMILES string of the molecule is CCCCC/C=C\C/C=C\CCCCCCCC(=O)O[C@H](COCCCCCCCCCCCCCCCCCCCC)COP(=O)([O-])OCC[N+](C)(C)C. The van der Waals surface area contributed by atoms with E-state index in [-0.39, 0.29) is 25.8 Å². The minimum atomic E-state index is -4.52. The van der Waals surface area contributed by atoms with Crippen molar-refractivity contribution in [2.75, 3.05) is 54.1 Å². The van der Waals surface area contributed by atoms with Crippen molar-refractivity contribution in [1.29, 1.82) is 0 Å². The van der Waals surface area contributed by atoms with Gasteiger partial charge in [-0.3, -0.25) is 9.36 Å². The summed E-state index contributed by atoms with van der Waals surface area (Å²) in [6, 6.07) is 0. The number of phosphoric ester groups is 1. The molecule has 326 valence electrons. The number of ether oxygens (including phenoxy) is 2. The number of phosphoric acid groups is 1. The fraction of sp³-hybridized carbons (Fsp3) is 0.891. The van der Waals surface area contributed by atoms with Crippen LogP contribution < -0.4 is 4.89 Å². The topological polar surface area (TPSA) is 94.1 Å². The molecular formula is C46H90NO7P. The van der Waals surface area contributed by atoms with E-state index >= 15 is 0 Å². The summed E-state index contributed by atoms with van der Waals surface area (Å²) in [6.07, 6.45) is 44.7. The van der Waals surface area contributed by atoms with Gasteiger partial charge in [-0.1, -0.05) is 179 Å². The Hall–Kier alpha value is -1.02. The van der Waals surface area contributed by atoms with Gasteiger partial charge in [-0.25, -0.2) is 0 Å². The number of rotatable bonds is 43. The number of hydrogen-bond donors (Lipinski definition) is 0. The summed E-state index contributed by atoms with van der Waals surface area (Å²) in [5, 5.41) is 0. The first-order valence-electron chi connectivity index (χ1n) is 23.1. The van der Waals surface area contributed by atoms with Crippen LogP contribution in [0.25, 0.3) is 0 Å². The summed E-state index contributed by atoms with van der Waals surface area (Å²) in [7, 11) is 1.35. The number of esters is 1. The molecule has 0 radical (unpaired) electrons. The molecular weight excluding hydrogens is 709 g/mol. The van der Waals surface area contributed by atoms with E-state index in [4.69, 9.17) is 18.5 Å². The van der Waals surface area contributed by atoms with Gasteiger partial charge in [0.05, 0.1) is 34.4 Å². The predicted molar refractivity (Wildman–Crippen MR) is 231 cm³/mol. The highest BCUT2D eigenvalue weighted by Crippen LogP contribution is 2.38. The highest BCUT2D eigenvalue weighted by Gasteiger charge is 2.20. The van der Waals surface area contributed by atoms with E-state index in [1.165, 1.54) is 128 Å². The molecule has 0 heterocycles. The Labute approximate surface area is 341 Å². The predicted octanol–water partition coefficient (Wildman–Crippen LogP) is 13.0. The molecule has 0 fully saturated rings. The van der Waals surface area contributed by atoms with Crippen LogP contribution in [0, 0.1) is 0 Å². The van der Waals surface area contributed by atoms with E-state index in [1.807, 2.05) is 21.1 Å². The van der Waals surface area contributed by atoms with E-state index in [2.05, 4.69) is 38.2 Å². The summed E-state index contributed by atoms with van der Waals surface area (Å²) < 4.78 is 34.6. The summed E-state index contributed by atoms with van der Waals surface area (Å²) in [5.74, 6) is -0.345. The molecule has 9 heteroatoms. The lowest BCUT2D eigenvalue weighted by atomic mass is 10.0. The lowest BCUT2D eigenvalue weighted by Crippen LogP contribution is -2.37. The second-order valence-corrected chi connectivity index (χ2v) is 18.2. The number of nitrogens with zero attached hydrogens (tertiary/aromatic N) is 1. The largest absolute Gasteiger partial charge is 0.756 e. The molecule has 0 rings (SSSR count). The van der Waals surface area contributed by atoms with Gasteiger partial charge in [-0.2, -0.15) is 0 Å². The van der Waals surface area contributed by atoms with Gasteiger partial charge in [-0.15, -0.1) is 0 Å². The maximum absolute atomic E-state index is 12.7. The minimum Gasteiger partial charge on any atom is -0.756 e. The third-order valence-electron chi connectivity index (χ3n) is 10.0. The van der Waals surface area contributed by atoms with Crippen LogP contribution in [0.3, 0.4) is 0 Å². The van der Waals surface area contributed by atoms with Crippen molar-refractivity contribution < 1.29 is 37.3 Å². The van der Waals surface area contributed by atoms with E-state index in [1.54, 1.807) is 0 Å². The average Bonchev–Trinajstić information content (AvgIpc) is 3.13. The number of unbranched alkanes of at least 4 members (excludes halogenated alkanes) is 25. The van der Waals surface area contributed by atoms with Crippen LogP contribution in [0.1, 0.15) is 206 Å². The van der Waals surface area contributed by atoms with Crippen LogP contribution in [-0.2, 0) is 27.9 Å².